The van der Waals surface area contributed by atoms with Crippen molar-refractivity contribution in [2.24, 2.45) is 0 Å². The van der Waals surface area contributed by atoms with Gasteiger partial charge in [0.15, 0.2) is 0 Å². The zero-order valence-corrected chi connectivity index (χ0v) is 6.19. The van der Waals surface area contributed by atoms with Crippen LogP contribution in [0.25, 0.3) is 0 Å². The van der Waals surface area contributed by atoms with Crippen molar-refractivity contribution in [3.63, 3.8) is 0 Å². The maximum atomic E-state index is 9.87. The molecule has 0 aliphatic heterocycles. The summed E-state index contributed by atoms with van der Waals surface area (Å²) in [5, 5.41) is 0. The Hall–Kier alpha value is 0.339. The first-order valence-electron chi connectivity index (χ1n) is 1.13. The van der Waals surface area contributed by atoms with E-state index in [0.717, 1.165) is 4.97 Å². The molecule has 0 aromatic carbocycles. The third kappa shape index (κ3) is 4.34. The molecule has 6 heavy (non-hydrogen) atoms. The topological polar surface area (TPSA) is 34.1 Å². The van der Waals surface area contributed by atoms with Crippen LogP contribution in [0.3, 0.4) is 0 Å². The Bertz CT molecular complexity index is 122. The zero-order valence-electron chi connectivity index (χ0n) is 2.89. The molecule has 0 aliphatic carbocycles. The predicted octanol–water partition coefficient (Wildman–Crippen LogP) is 0.906. The Morgan fingerprint density at radius 1 is 1.67 bits per heavy atom. The Morgan fingerprint density at radius 2 is 1.83 bits per heavy atom. The summed E-state index contributed by atoms with van der Waals surface area (Å²) in [7, 11) is -3.70. The monoisotopic (exact) mass is 218 g/mol. The van der Waals surface area contributed by atoms with Crippen molar-refractivity contribution in [1.29, 1.82) is 0 Å². The van der Waals surface area contributed by atoms with Crippen molar-refractivity contribution in [1.82, 2.24) is 0 Å². The van der Waals surface area contributed by atoms with E-state index in [2.05, 4.69) is 20.7 Å². The molecule has 0 saturated carbocycles. The first-order chi connectivity index (χ1) is 2.56. The van der Waals surface area contributed by atoms with E-state index in [4.69, 9.17) is 0 Å². The van der Waals surface area contributed by atoms with Gasteiger partial charge in [-0.25, -0.2) is 0 Å². The van der Waals surface area contributed by atoms with Gasteiger partial charge in [0.25, 0.3) is 0 Å². The second-order valence-corrected chi connectivity index (χ2v) is 8.03. The quantitative estimate of drug-likeness (QED) is 0.612. The van der Waals surface area contributed by atoms with Gasteiger partial charge in [-0.1, -0.05) is 0 Å². The minimum atomic E-state index is -3.70. The molecular weight excluding hydrogens is 215 g/mol. The van der Waals surface area contributed by atoms with Crippen LogP contribution >= 0.6 is 14.1 Å². The van der Waals surface area contributed by atoms with E-state index in [1.165, 1.54) is 0 Å². The van der Waals surface area contributed by atoms with Crippen LogP contribution in [0.2, 0.25) is 0 Å². The Labute approximate surface area is 44.6 Å². The zero-order chi connectivity index (χ0) is 5.21. The van der Waals surface area contributed by atoms with Gasteiger partial charge in [0, 0.05) is 0 Å². The molecule has 0 heterocycles. The Morgan fingerprint density at radius 3 is 1.83 bits per heavy atom. The van der Waals surface area contributed by atoms with Gasteiger partial charge < -0.3 is 0 Å². The van der Waals surface area contributed by atoms with E-state index >= 15 is 0 Å². The van der Waals surface area contributed by atoms with Crippen LogP contribution < -0.4 is 0 Å². The fraction of sp³-hybridized carbons (Fsp3) is 0. The second kappa shape index (κ2) is 1.87. The molecule has 0 unspecified atom stereocenters. The molecule has 0 atom stereocenters. The van der Waals surface area contributed by atoms with E-state index < -0.39 is 10.9 Å². The summed E-state index contributed by atoms with van der Waals surface area (Å²) >= 11 is 2.40. The van der Waals surface area contributed by atoms with Gasteiger partial charge in [-0.2, -0.15) is 0 Å². The fourth-order valence-electron chi connectivity index (χ4n) is 0. The Kier molecular flexibility index (Phi) is 1.97. The molecule has 0 aromatic heterocycles. The van der Waals surface area contributed by atoms with Crippen LogP contribution in [-0.2, 0) is 7.67 Å². The molecule has 0 aliphatic rings. The summed E-state index contributed by atoms with van der Waals surface area (Å²) in [4.78, 5) is 0.899. The molecule has 2 nitrogen and oxygen atoms in total. The molecule has 0 rings (SSSR count). The van der Waals surface area contributed by atoms with Gasteiger partial charge in [0.2, 0.25) is 0 Å². The van der Waals surface area contributed by atoms with Gasteiger partial charge in [-0.05, 0) is 0 Å². The third-order valence-electron chi connectivity index (χ3n) is 0.199. The molecule has 0 bridgehead atoms. The van der Waals surface area contributed by atoms with Gasteiger partial charge in [0.1, 0.15) is 0 Å². The van der Waals surface area contributed by atoms with Crippen LogP contribution in [0, 0.1) is 0 Å². The maximum absolute atomic E-state index is 9.87. The van der Waals surface area contributed by atoms with E-state index in [1.807, 2.05) is 0 Å². The second-order valence-electron chi connectivity index (χ2n) is 0.642. The SMILES string of the molecule is C=C[Se](=O)(=O)Br. The standard InChI is InChI=1S/C2H3BrO2Se/c1-2-6(3,4)5/h2H,1H2. The van der Waals surface area contributed by atoms with Crippen LogP contribution in [0.5, 0.6) is 0 Å². The number of halogens is 1. The molecule has 0 fully saturated rings. The summed E-state index contributed by atoms with van der Waals surface area (Å²) < 4.78 is 19.7. The summed E-state index contributed by atoms with van der Waals surface area (Å²) in [6, 6.07) is 0. The molecule has 36 valence electrons. The van der Waals surface area contributed by atoms with Gasteiger partial charge >= 0.3 is 44.2 Å². The molecule has 4 heteroatoms. The minimum absolute atomic E-state index is 0.899. The predicted molar refractivity (Wildman–Crippen MR) is 26.3 cm³/mol. The number of hydrogen-bond acceptors (Lipinski definition) is 2. The summed E-state index contributed by atoms with van der Waals surface area (Å²) in [6.07, 6.45) is 0. The van der Waals surface area contributed by atoms with E-state index in [0.29, 0.717) is 0 Å². The first-order valence-corrected chi connectivity index (χ1v) is 7.53. The molecule has 0 saturated heterocycles. The van der Waals surface area contributed by atoms with Crippen LogP contribution in [0.4, 0.5) is 0 Å². The molecule has 0 N–H and O–H groups in total. The van der Waals surface area contributed by atoms with Crippen LogP contribution in [-0.4, -0.2) is 10.9 Å². The summed E-state index contributed by atoms with van der Waals surface area (Å²) in [6.45, 7) is 3.03. The van der Waals surface area contributed by atoms with E-state index in [-0.39, 0.29) is 0 Å². The van der Waals surface area contributed by atoms with Gasteiger partial charge in [-0.3, -0.25) is 0 Å². The van der Waals surface area contributed by atoms with Crippen LogP contribution in [0.1, 0.15) is 0 Å². The molecule has 0 aromatic rings. The van der Waals surface area contributed by atoms with Crippen molar-refractivity contribution in [3.05, 3.63) is 11.6 Å². The van der Waals surface area contributed by atoms with Crippen LogP contribution in [0.15, 0.2) is 11.6 Å². The van der Waals surface area contributed by atoms with Gasteiger partial charge in [0.05, 0.1) is 0 Å². The van der Waals surface area contributed by atoms with Gasteiger partial charge in [-0.15, -0.1) is 0 Å². The van der Waals surface area contributed by atoms with Crippen molar-refractivity contribution in [2.45, 2.75) is 0 Å². The average molecular weight is 218 g/mol. The van der Waals surface area contributed by atoms with Crippen molar-refractivity contribution in [2.75, 3.05) is 0 Å². The van der Waals surface area contributed by atoms with Crippen molar-refractivity contribution >= 4 is 25.0 Å². The number of rotatable bonds is 1. The molecule has 0 amide bonds. The molecule has 0 spiro atoms. The Balaban J connectivity index is 4.25. The van der Waals surface area contributed by atoms with Crippen molar-refractivity contribution in [3.8, 4) is 0 Å². The van der Waals surface area contributed by atoms with Crippen molar-refractivity contribution < 1.29 is 7.67 Å². The first kappa shape index (κ1) is 6.34. The summed E-state index contributed by atoms with van der Waals surface area (Å²) in [5.74, 6) is 0. The normalized spacial score (nSPS) is 10.8. The molecule has 0 radical (unpaired) electrons. The van der Waals surface area contributed by atoms with E-state index in [9.17, 15) is 7.67 Å². The fourth-order valence-corrected chi connectivity index (χ4v) is 0. The van der Waals surface area contributed by atoms with E-state index in [1.54, 1.807) is 0 Å². The number of hydrogen-bond donors (Lipinski definition) is 0. The third-order valence-corrected chi connectivity index (χ3v) is 2.41. The summed E-state index contributed by atoms with van der Waals surface area (Å²) in [5.41, 5.74) is 0. The molecular formula is C2H3BrO2Se. The average Bonchev–Trinajstić information content (AvgIpc) is 1.35.